The highest BCUT2D eigenvalue weighted by Crippen LogP contribution is 2.45. The number of H-pyrrole nitrogens is 1. The third-order valence-corrected chi connectivity index (χ3v) is 3.65. The fourth-order valence-electron chi connectivity index (χ4n) is 2.62. The molecular weight excluding hydrogens is 323 g/mol. The smallest absolute Gasteiger partial charge is 0.394 e. The number of ether oxygens (including phenoxy) is 1. The Morgan fingerprint density at radius 2 is 2.17 bits per heavy atom. The van der Waals surface area contributed by atoms with Gasteiger partial charge in [0.1, 0.15) is 12.0 Å². The monoisotopic (exact) mass is 335 g/mol. The van der Waals surface area contributed by atoms with Gasteiger partial charge in [-0.05, 0) is 0 Å². The molecule has 0 unspecified atom stereocenters. The van der Waals surface area contributed by atoms with Crippen molar-refractivity contribution in [2.75, 3.05) is 12.3 Å². The average Bonchev–Trinajstić information content (AvgIpc) is 2.98. The van der Waals surface area contributed by atoms with E-state index in [1.54, 1.807) is 0 Å². The van der Waals surface area contributed by atoms with Crippen LogP contribution in [-0.2, 0) is 4.74 Å². The zero-order valence-corrected chi connectivity index (χ0v) is 11.4. The molecule has 4 atom stereocenters. The number of hydrogen-bond donors (Lipinski definition) is 4. The Kier molecular flexibility index (Phi) is 3.54. The number of aromatic nitrogens is 4. The van der Waals surface area contributed by atoms with Gasteiger partial charge in [0.05, 0.1) is 19.0 Å². The molecule has 1 fully saturated rings. The van der Waals surface area contributed by atoms with Crippen LogP contribution in [0.15, 0.2) is 11.1 Å². The zero-order valence-electron chi connectivity index (χ0n) is 11.4. The number of halogens is 3. The molecule has 0 amide bonds. The largest absolute Gasteiger partial charge is 0.398 e. The normalized spacial score (nSPS) is 28.6. The van der Waals surface area contributed by atoms with Gasteiger partial charge in [0.15, 0.2) is 17.4 Å². The number of hydrogen-bond acceptors (Lipinski definition) is 7. The molecule has 3 rings (SSSR count). The summed E-state index contributed by atoms with van der Waals surface area (Å²) >= 11 is 0. The summed E-state index contributed by atoms with van der Waals surface area (Å²) in [5, 5.41) is 18.9. The van der Waals surface area contributed by atoms with E-state index in [9.17, 15) is 23.1 Å². The maximum atomic E-state index is 13.3. The Morgan fingerprint density at radius 3 is 2.78 bits per heavy atom. The third kappa shape index (κ3) is 2.44. The zero-order chi connectivity index (χ0) is 16.9. The Hall–Kier alpha value is -2.18. The molecule has 1 saturated heterocycles. The predicted octanol–water partition coefficient (Wildman–Crippen LogP) is -0.869. The summed E-state index contributed by atoms with van der Waals surface area (Å²) < 4.78 is 45.7. The highest BCUT2D eigenvalue weighted by molar-refractivity contribution is 5.70. The third-order valence-electron chi connectivity index (χ3n) is 3.65. The van der Waals surface area contributed by atoms with Crippen LogP contribution in [0, 0.1) is 5.92 Å². The quantitative estimate of drug-likeness (QED) is 0.559. The fraction of sp³-hybridized carbons (Fsp3) is 0.545. The van der Waals surface area contributed by atoms with Crippen LogP contribution in [-0.4, -0.2) is 54.7 Å². The van der Waals surface area contributed by atoms with E-state index >= 15 is 0 Å². The van der Waals surface area contributed by atoms with Gasteiger partial charge in [-0.25, -0.2) is 4.98 Å². The van der Waals surface area contributed by atoms with Crippen molar-refractivity contribution in [2.45, 2.75) is 24.6 Å². The molecule has 23 heavy (non-hydrogen) atoms. The summed E-state index contributed by atoms with van der Waals surface area (Å²) in [5.41, 5.74) is 4.25. The summed E-state index contributed by atoms with van der Waals surface area (Å²) in [6, 6.07) is 0. The number of aromatic amines is 1. The molecule has 0 radical (unpaired) electrons. The number of nitrogens with zero attached hydrogens (tertiary/aromatic N) is 3. The van der Waals surface area contributed by atoms with Gasteiger partial charge in [0, 0.05) is 0 Å². The molecule has 2 aromatic heterocycles. The maximum Gasteiger partial charge on any atom is 0.398 e. The molecule has 0 bridgehead atoms. The first-order valence-electron chi connectivity index (χ1n) is 6.47. The van der Waals surface area contributed by atoms with Crippen LogP contribution in [0.25, 0.3) is 11.2 Å². The highest BCUT2D eigenvalue weighted by atomic mass is 19.4. The first-order valence-corrected chi connectivity index (χ1v) is 6.47. The van der Waals surface area contributed by atoms with Crippen LogP contribution in [0.5, 0.6) is 0 Å². The summed E-state index contributed by atoms with van der Waals surface area (Å²) in [5.74, 6) is -2.62. The Morgan fingerprint density at radius 1 is 1.48 bits per heavy atom. The molecule has 0 saturated carbocycles. The second kappa shape index (κ2) is 5.18. The Bertz CT molecular complexity index is 788. The summed E-state index contributed by atoms with van der Waals surface area (Å²) in [6.45, 7) is -0.799. The second-order valence-electron chi connectivity index (χ2n) is 5.08. The molecule has 2 aromatic rings. The molecular formula is C11H12F3N5O4. The lowest BCUT2D eigenvalue weighted by molar-refractivity contribution is -0.210. The van der Waals surface area contributed by atoms with Crippen molar-refractivity contribution in [1.29, 1.82) is 0 Å². The van der Waals surface area contributed by atoms with Gasteiger partial charge in [-0.3, -0.25) is 14.3 Å². The van der Waals surface area contributed by atoms with Crippen LogP contribution >= 0.6 is 0 Å². The molecule has 5 N–H and O–H groups in total. The first-order chi connectivity index (χ1) is 10.7. The van der Waals surface area contributed by atoms with E-state index < -0.39 is 42.7 Å². The minimum absolute atomic E-state index is 0.212. The summed E-state index contributed by atoms with van der Waals surface area (Å²) in [4.78, 5) is 21.3. The van der Waals surface area contributed by atoms with E-state index in [1.807, 2.05) is 0 Å². The van der Waals surface area contributed by atoms with E-state index in [-0.39, 0.29) is 17.1 Å². The maximum absolute atomic E-state index is 13.3. The van der Waals surface area contributed by atoms with Gasteiger partial charge < -0.3 is 20.7 Å². The van der Waals surface area contributed by atoms with Gasteiger partial charge in [-0.2, -0.15) is 18.2 Å². The van der Waals surface area contributed by atoms with Crippen molar-refractivity contribution in [3.8, 4) is 0 Å². The number of aliphatic hydroxyl groups excluding tert-OH is 2. The number of nitrogens with two attached hydrogens (primary N) is 1. The van der Waals surface area contributed by atoms with Crippen molar-refractivity contribution in [3.05, 3.63) is 16.7 Å². The fourth-order valence-corrected chi connectivity index (χ4v) is 2.62. The number of alkyl halides is 3. The minimum Gasteiger partial charge on any atom is -0.394 e. The lowest BCUT2D eigenvalue weighted by Gasteiger charge is -2.23. The number of nitrogens with one attached hydrogen (secondary N) is 1. The SMILES string of the molecule is Nc1nc2c(ncn2[C@@H]2O[C@H](CO)[C@@H](O)[C@H]2C(F)(F)F)c(=O)[nH]1. The van der Waals surface area contributed by atoms with Crippen molar-refractivity contribution >= 4 is 17.1 Å². The number of anilines is 1. The molecule has 0 aromatic carbocycles. The van der Waals surface area contributed by atoms with Crippen molar-refractivity contribution in [2.24, 2.45) is 5.92 Å². The van der Waals surface area contributed by atoms with Gasteiger partial charge in [0.2, 0.25) is 5.95 Å². The molecule has 126 valence electrons. The number of imidazole rings is 1. The molecule has 0 spiro atoms. The van der Waals surface area contributed by atoms with E-state index in [0.29, 0.717) is 0 Å². The van der Waals surface area contributed by atoms with Crippen molar-refractivity contribution in [3.63, 3.8) is 0 Å². The molecule has 1 aliphatic heterocycles. The highest BCUT2D eigenvalue weighted by Gasteiger charge is 2.58. The average molecular weight is 335 g/mol. The number of nitrogen functional groups attached to an aromatic ring is 1. The summed E-state index contributed by atoms with van der Waals surface area (Å²) in [6.07, 6.45) is -8.99. The Balaban J connectivity index is 2.15. The predicted molar refractivity (Wildman–Crippen MR) is 69.1 cm³/mol. The van der Waals surface area contributed by atoms with Crippen LogP contribution in [0.3, 0.4) is 0 Å². The Labute approximate surface area is 125 Å². The van der Waals surface area contributed by atoms with Crippen molar-refractivity contribution < 1.29 is 28.1 Å². The lowest BCUT2D eigenvalue weighted by Crippen LogP contribution is -2.38. The van der Waals surface area contributed by atoms with Crippen LogP contribution in [0.2, 0.25) is 0 Å². The van der Waals surface area contributed by atoms with E-state index in [2.05, 4.69) is 15.0 Å². The lowest BCUT2D eigenvalue weighted by atomic mass is 9.99. The molecule has 9 nitrogen and oxygen atoms in total. The first kappa shape index (κ1) is 15.7. The standard InChI is InChI=1S/C11H12F3N5O4/c12-11(13,14)4-6(21)3(1-20)23-9(4)19-2-16-5-7(19)17-10(15)18-8(5)22/h2-4,6,9,20-21H,1H2,(H3,15,17,18,22)/t3-,4-,6-,9-/m1/s1. The van der Waals surface area contributed by atoms with Gasteiger partial charge in [-0.15, -0.1) is 0 Å². The van der Waals surface area contributed by atoms with Gasteiger partial charge in [-0.1, -0.05) is 0 Å². The number of aliphatic hydroxyl groups is 2. The molecule has 3 heterocycles. The molecule has 1 aliphatic rings. The van der Waals surface area contributed by atoms with Crippen LogP contribution in [0.4, 0.5) is 19.1 Å². The van der Waals surface area contributed by atoms with Crippen molar-refractivity contribution in [1.82, 2.24) is 19.5 Å². The topological polar surface area (TPSA) is 139 Å². The second-order valence-corrected chi connectivity index (χ2v) is 5.08. The van der Waals surface area contributed by atoms with E-state index in [4.69, 9.17) is 15.6 Å². The van der Waals surface area contributed by atoms with E-state index in [1.165, 1.54) is 0 Å². The van der Waals surface area contributed by atoms with E-state index in [0.717, 1.165) is 10.9 Å². The van der Waals surface area contributed by atoms with Gasteiger partial charge >= 0.3 is 6.18 Å². The molecule has 12 heteroatoms. The summed E-state index contributed by atoms with van der Waals surface area (Å²) in [7, 11) is 0. The molecule has 0 aliphatic carbocycles. The van der Waals surface area contributed by atoms with Gasteiger partial charge in [0.25, 0.3) is 5.56 Å². The van der Waals surface area contributed by atoms with Crippen LogP contribution < -0.4 is 11.3 Å². The minimum atomic E-state index is -4.81. The number of rotatable bonds is 2. The van der Waals surface area contributed by atoms with Crippen LogP contribution in [0.1, 0.15) is 6.23 Å². The number of fused-ring (bicyclic) bond motifs is 1.